The third-order valence-electron chi connectivity index (χ3n) is 5.23. The van der Waals surface area contributed by atoms with E-state index in [1.807, 2.05) is 25.1 Å². The summed E-state index contributed by atoms with van der Waals surface area (Å²) in [5, 5.41) is 3.16. The lowest BCUT2D eigenvalue weighted by atomic mass is 9.87. The van der Waals surface area contributed by atoms with Crippen LogP contribution in [0.3, 0.4) is 0 Å². The standard InChI is InChI=1S/C20H28F2N2O3/c1-2-9-24(13-18(21)22)14-19(25)23-20(7-3-4-8-20)15-5-6-16-17(12-15)27-11-10-26-16/h5-6,12,18H,2-4,7-11,13-14H2,1H3,(H,23,25). The number of hydrogen-bond donors (Lipinski definition) is 1. The quantitative estimate of drug-likeness (QED) is 0.749. The zero-order valence-electron chi connectivity index (χ0n) is 15.8. The summed E-state index contributed by atoms with van der Waals surface area (Å²) in [6, 6.07) is 5.81. The van der Waals surface area contributed by atoms with Gasteiger partial charge < -0.3 is 14.8 Å². The van der Waals surface area contributed by atoms with Crippen molar-refractivity contribution >= 4 is 5.91 Å². The van der Waals surface area contributed by atoms with Crippen molar-refractivity contribution in [3.8, 4) is 11.5 Å². The van der Waals surface area contributed by atoms with E-state index in [0.29, 0.717) is 25.5 Å². The molecule has 7 heteroatoms. The molecule has 1 N–H and O–H groups in total. The molecule has 0 aromatic heterocycles. The SMILES string of the molecule is CCCN(CC(=O)NC1(c2ccc3c(c2)OCCO3)CCCC1)CC(F)F. The normalized spacial score (nSPS) is 18.1. The Morgan fingerprint density at radius 2 is 1.93 bits per heavy atom. The third-order valence-corrected chi connectivity index (χ3v) is 5.23. The highest BCUT2D eigenvalue weighted by atomic mass is 19.3. The molecule has 150 valence electrons. The number of halogens is 2. The van der Waals surface area contributed by atoms with E-state index < -0.39 is 12.0 Å². The summed E-state index contributed by atoms with van der Waals surface area (Å²) < 4.78 is 36.8. The molecule has 2 aliphatic rings. The van der Waals surface area contributed by atoms with Crippen molar-refractivity contribution in [2.75, 3.05) is 32.8 Å². The molecule has 27 heavy (non-hydrogen) atoms. The van der Waals surface area contributed by atoms with Crippen LogP contribution in [-0.2, 0) is 10.3 Å². The zero-order valence-corrected chi connectivity index (χ0v) is 15.8. The summed E-state index contributed by atoms with van der Waals surface area (Å²) in [6.45, 7) is 3.06. The minimum absolute atomic E-state index is 0.00944. The summed E-state index contributed by atoms with van der Waals surface area (Å²) in [5.41, 5.74) is 0.531. The molecule has 0 spiro atoms. The van der Waals surface area contributed by atoms with Gasteiger partial charge in [-0.3, -0.25) is 9.69 Å². The Bertz CT molecular complexity index is 648. The Hall–Kier alpha value is -1.89. The Morgan fingerprint density at radius 3 is 2.59 bits per heavy atom. The van der Waals surface area contributed by atoms with Crippen molar-refractivity contribution in [2.45, 2.75) is 51.0 Å². The van der Waals surface area contributed by atoms with Gasteiger partial charge in [-0.2, -0.15) is 0 Å². The number of fused-ring (bicyclic) bond motifs is 1. The van der Waals surface area contributed by atoms with Crippen LogP contribution in [0.5, 0.6) is 11.5 Å². The van der Waals surface area contributed by atoms with Crippen molar-refractivity contribution in [2.24, 2.45) is 0 Å². The highest BCUT2D eigenvalue weighted by Crippen LogP contribution is 2.42. The number of rotatable bonds is 8. The fourth-order valence-corrected chi connectivity index (χ4v) is 4.06. The first-order valence-electron chi connectivity index (χ1n) is 9.74. The number of benzene rings is 1. The highest BCUT2D eigenvalue weighted by Gasteiger charge is 2.38. The molecule has 1 amide bonds. The number of amides is 1. The van der Waals surface area contributed by atoms with E-state index in [0.717, 1.165) is 43.4 Å². The maximum atomic E-state index is 12.8. The fourth-order valence-electron chi connectivity index (χ4n) is 4.06. The maximum Gasteiger partial charge on any atom is 0.251 e. The van der Waals surface area contributed by atoms with Crippen LogP contribution >= 0.6 is 0 Å². The first kappa shape index (κ1) is 19.9. The van der Waals surface area contributed by atoms with E-state index in [1.165, 1.54) is 4.90 Å². The van der Waals surface area contributed by atoms with Gasteiger partial charge >= 0.3 is 0 Å². The van der Waals surface area contributed by atoms with Crippen LogP contribution in [0.2, 0.25) is 0 Å². The topological polar surface area (TPSA) is 50.8 Å². The molecule has 5 nitrogen and oxygen atoms in total. The van der Waals surface area contributed by atoms with Crippen LogP contribution < -0.4 is 14.8 Å². The Kier molecular flexibility index (Phi) is 6.52. The van der Waals surface area contributed by atoms with Crippen LogP contribution in [0.1, 0.15) is 44.6 Å². The summed E-state index contributed by atoms with van der Waals surface area (Å²) in [7, 11) is 0. The molecule has 1 saturated carbocycles. The fraction of sp³-hybridized carbons (Fsp3) is 0.650. The van der Waals surface area contributed by atoms with Crippen molar-refractivity contribution in [3.05, 3.63) is 23.8 Å². The first-order valence-corrected chi connectivity index (χ1v) is 9.74. The monoisotopic (exact) mass is 382 g/mol. The van der Waals surface area contributed by atoms with Crippen molar-refractivity contribution < 1.29 is 23.0 Å². The molecule has 0 bridgehead atoms. The lowest BCUT2D eigenvalue weighted by Gasteiger charge is -2.33. The van der Waals surface area contributed by atoms with Gasteiger partial charge in [-0.15, -0.1) is 0 Å². The van der Waals surface area contributed by atoms with Gasteiger partial charge in [-0.25, -0.2) is 8.78 Å². The van der Waals surface area contributed by atoms with Gasteiger partial charge in [0.15, 0.2) is 11.5 Å². The second kappa shape index (κ2) is 8.87. The summed E-state index contributed by atoms with van der Waals surface area (Å²) in [5.74, 6) is 1.21. The van der Waals surface area contributed by atoms with Gasteiger partial charge in [-0.05, 0) is 43.5 Å². The lowest BCUT2D eigenvalue weighted by Crippen LogP contribution is -2.48. The Morgan fingerprint density at radius 1 is 1.22 bits per heavy atom. The number of ether oxygens (including phenoxy) is 2. The average molecular weight is 382 g/mol. The second-order valence-corrected chi connectivity index (χ2v) is 7.32. The van der Waals surface area contributed by atoms with E-state index in [4.69, 9.17) is 9.47 Å². The van der Waals surface area contributed by atoms with Gasteiger partial charge in [0.25, 0.3) is 6.43 Å². The average Bonchev–Trinajstić information content (AvgIpc) is 3.10. The second-order valence-electron chi connectivity index (χ2n) is 7.32. The lowest BCUT2D eigenvalue weighted by molar-refractivity contribution is -0.124. The van der Waals surface area contributed by atoms with E-state index in [-0.39, 0.29) is 19.0 Å². The Labute approximate surface area is 159 Å². The van der Waals surface area contributed by atoms with E-state index in [2.05, 4.69) is 5.32 Å². The number of nitrogens with zero attached hydrogens (tertiary/aromatic N) is 1. The molecule has 1 fully saturated rings. The molecule has 0 atom stereocenters. The van der Waals surface area contributed by atoms with Crippen molar-refractivity contribution in [3.63, 3.8) is 0 Å². The Balaban J connectivity index is 1.74. The van der Waals surface area contributed by atoms with Crippen LogP contribution in [0, 0.1) is 0 Å². The van der Waals surface area contributed by atoms with Crippen LogP contribution in [-0.4, -0.2) is 50.1 Å². The molecule has 0 unspecified atom stereocenters. The van der Waals surface area contributed by atoms with Gasteiger partial charge in [0, 0.05) is 0 Å². The number of nitrogens with one attached hydrogen (secondary N) is 1. The zero-order chi connectivity index (χ0) is 19.3. The maximum absolute atomic E-state index is 12.8. The molecule has 1 heterocycles. The van der Waals surface area contributed by atoms with Crippen molar-refractivity contribution in [1.82, 2.24) is 10.2 Å². The van der Waals surface area contributed by atoms with Crippen LogP contribution in [0.25, 0.3) is 0 Å². The molecule has 1 aromatic rings. The summed E-state index contributed by atoms with van der Waals surface area (Å²) >= 11 is 0. The molecule has 1 aliphatic heterocycles. The largest absolute Gasteiger partial charge is 0.486 e. The summed E-state index contributed by atoms with van der Waals surface area (Å²) in [6.07, 6.45) is 1.99. The van der Waals surface area contributed by atoms with Gasteiger partial charge in [-0.1, -0.05) is 25.8 Å². The minimum atomic E-state index is -2.44. The molecule has 1 aliphatic carbocycles. The van der Waals surface area contributed by atoms with Gasteiger partial charge in [0.1, 0.15) is 13.2 Å². The predicted octanol–water partition coefficient (Wildman–Crippen LogP) is 3.32. The van der Waals surface area contributed by atoms with E-state index in [1.54, 1.807) is 0 Å². The van der Waals surface area contributed by atoms with Gasteiger partial charge in [0.2, 0.25) is 5.91 Å². The van der Waals surface area contributed by atoms with Crippen LogP contribution in [0.4, 0.5) is 8.78 Å². The smallest absolute Gasteiger partial charge is 0.251 e. The first-order chi connectivity index (χ1) is 13.0. The van der Waals surface area contributed by atoms with Gasteiger partial charge in [0.05, 0.1) is 18.6 Å². The summed E-state index contributed by atoms with van der Waals surface area (Å²) in [4.78, 5) is 14.2. The highest BCUT2D eigenvalue weighted by molar-refractivity contribution is 5.79. The molecular formula is C20H28F2N2O3. The number of carbonyl (C=O) groups is 1. The molecule has 0 radical (unpaired) electrons. The molecule has 0 saturated heterocycles. The van der Waals surface area contributed by atoms with Crippen molar-refractivity contribution in [1.29, 1.82) is 0 Å². The minimum Gasteiger partial charge on any atom is -0.486 e. The number of carbonyl (C=O) groups excluding carboxylic acids is 1. The number of alkyl halides is 2. The third kappa shape index (κ3) is 4.89. The van der Waals surface area contributed by atoms with Crippen LogP contribution in [0.15, 0.2) is 18.2 Å². The molecule has 1 aromatic carbocycles. The van der Waals surface area contributed by atoms with E-state index in [9.17, 15) is 13.6 Å². The number of hydrogen-bond acceptors (Lipinski definition) is 4. The predicted molar refractivity (Wildman–Crippen MR) is 98.5 cm³/mol. The molecule has 3 rings (SSSR count). The molecular weight excluding hydrogens is 354 g/mol. The van der Waals surface area contributed by atoms with E-state index >= 15 is 0 Å².